The van der Waals surface area contributed by atoms with Crippen LogP contribution < -0.4 is 5.32 Å². The second-order valence-corrected chi connectivity index (χ2v) is 10.9. The molecule has 1 fully saturated rings. The first-order chi connectivity index (χ1) is 17.8. The van der Waals surface area contributed by atoms with Crippen molar-refractivity contribution < 1.29 is 9.53 Å². The summed E-state index contributed by atoms with van der Waals surface area (Å²) in [6.07, 6.45) is 3.07. The number of benzene rings is 2. The van der Waals surface area contributed by atoms with Crippen LogP contribution in [0.1, 0.15) is 55.4 Å². The third-order valence-electron chi connectivity index (χ3n) is 7.53. The Kier molecular flexibility index (Phi) is 7.60. The van der Waals surface area contributed by atoms with E-state index in [0.717, 1.165) is 67.4 Å². The van der Waals surface area contributed by atoms with Crippen molar-refractivity contribution in [3.05, 3.63) is 71.2 Å². The zero-order chi connectivity index (χ0) is 26.1. The highest BCUT2D eigenvalue weighted by Crippen LogP contribution is 2.37. The summed E-state index contributed by atoms with van der Waals surface area (Å²) in [6, 6.07) is 16.3. The van der Waals surface area contributed by atoms with Crippen LogP contribution in [-0.2, 0) is 17.7 Å². The molecule has 7 nitrogen and oxygen atoms in total. The Morgan fingerprint density at radius 2 is 1.81 bits per heavy atom. The molecule has 0 spiro atoms. The number of fused-ring (bicyclic) bond motifs is 2. The van der Waals surface area contributed by atoms with Gasteiger partial charge in [0, 0.05) is 42.6 Å². The van der Waals surface area contributed by atoms with Crippen molar-refractivity contribution in [1.82, 2.24) is 18.8 Å². The number of amides is 2. The van der Waals surface area contributed by atoms with Crippen molar-refractivity contribution in [3.8, 4) is 11.3 Å². The number of carbonyl (C=O) groups excluding carboxylic acids is 1. The molecule has 0 bridgehead atoms. The second-order valence-electron chi connectivity index (χ2n) is 10.5. The first-order valence-corrected chi connectivity index (χ1v) is 13.6. The normalized spacial score (nSPS) is 18.3. The Morgan fingerprint density at radius 1 is 1.11 bits per heavy atom. The topological polar surface area (TPSA) is 62.6 Å². The van der Waals surface area contributed by atoms with Gasteiger partial charge in [-0.1, -0.05) is 49.2 Å². The van der Waals surface area contributed by atoms with Gasteiger partial charge in [-0.3, -0.25) is 4.31 Å². The van der Waals surface area contributed by atoms with Gasteiger partial charge in [-0.05, 0) is 70.3 Å². The van der Waals surface area contributed by atoms with E-state index in [-0.39, 0.29) is 24.3 Å². The fraction of sp³-hybridized carbons (Fsp3) is 0.448. The summed E-state index contributed by atoms with van der Waals surface area (Å²) < 4.78 is 10.6. The predicted molar refractivity (Wildman–Crippen MR) is 151 cm³/mol. The van der Waals surface area contributed by atoms with Crippen molar-refractivity contribution in [1.29, 1.82) is 0 Å². The van der Waals surface area contributed by atoms with Crippen LogP contribution >= 0.6 is 12.8 Å². The van der Waals surface area contributed by atoms with Gasteiger partial charge in [0.25, 0.3) is 0 Å². The quantitative estimate of drug-likeness (QED) is 0.425. The summed E-state index contributed by atoms with van der Waals surface area (Å²) in [7, 11) is 2.18. The van der Waals surface area contributed by atoms with E-state index in [1.165, 1.54) is 15.4 Å². The monoisotopic (exact) mass is 519 g/mol. The lowest BCUT2D eigenvalue weighted by Gasteiger charge is -2.32. The van der Waals surface area contributed by atoms with Gasteiger partial charge >= 0.3 is 6.03 Å². The number of likely N-dealkylation sites (tertiary alicyclic amines) is 1. The maximum atomic E-state index is 12.4. The number of aromatic nitrogens is 2. The Balaban J connectivity index is 1.44. The second kappa shape index (κ2) is 10.9. The first kappa shape index (κ1) is 25.8. The van der Waals surface area contributed by atoms with E-state index in [9.17, 15) is 4.79 Å². The molecule has 0 radical (unpaired) electrons. The molecule has 8 heteroatoms. The summed E-state index contributed by atoms with van der Waals surface area (Å²) in [6.45, 7) is 8.98. The zero-order valence-corrected chi connectivity index (χ0v) is 23.0. The van der Waals surface area contributed by atoms with Crippen molar-refractivity contribution in [3.63, 3.8) is 0 Å². The van der Waals surface area contributed by atoms with E-state index in [4.69, 9.17) is 9.72 Å². The molecule has 196 valence electrons. The summed E-state index contributed by atoms with van der Waals surface area (Å²) in [5.74, 6) is 0.983. The summed E-state index contributed by atoms with van der Waals surface area (Å²) in [4.78, 5) is 19.9. The molecular formula is C29H37N5O2S. The molecule has 2 aliphatic heterocycles. The maximum Gasteiger partial charge on any atom is 0.331 e. The number of aryl methyl sites for hydroxylation is 1. The minimum absolute atomic E-state index is 0.000941. The highest BCUT2D eigenvalue weighted by atomic mass is 32.1. The molecule has 1 unspecified atom stereocenters. The minimum atomic E-state index is -0.247. The van der Waals surface area contributed by atoms with E-state index >= 15 is 0 Å². The van der Waals surface area contributed by atoms with Crippen LogP contribution in [0.2, 0.25) is 0 Å². The molecule has 2 amide bonds. The number of nitrogens with one attached hydrogen (secondary N) is 1. The molecule has 2 aromatic carbocycles. The molecule has 0 aliphatic carbocycles. The van der Waals surface area contributed by atoms with Gasteiger partial charge in [0.2, 0.25) is 0 Å². The lowest BCUT2D eigenvalue weighted by Crippen LogP contribution is -2.35. The average Bonchev–Trinajstić information content (AvgIpc) is 3.14. The number of anilines is 1. The number of carbonyl (C=O) groups is 1. The van der Waals surface area contributed by atoms with Crippen LogP contribution in [0.25, 0.3) is 11.3 Å². The van der Waals surface area contributed by atoms with Crippen molar-refractivity contribution in [2.45, 2.75) is 64.8 Å². The molecule has 1 aromatic heterocycles. The van der Waals surface area contributed by atoms with Crippen molar-refractivity contribution in [2.24, 2.45) is 0 Å². The molecule has 2 aliphatic rings. The molecule has 1 saturated heterocycles. The predicted octanol–water partition coefficient (Wildman–Crippen LogP) is 5.70. The summed E-state index contributed by atoms with van der Waals surface area (Å²) in [5, 5.41) is 2.90. The molecule has 5 rings (SSSR count). The molecule has 0 saturated carbocycles. The molecular weight excluding hydrogens is 482 g/mol. The van der Waals surface area contributed by atoms with Crippen LogP contribution in [0.3, 0.4) is 0 Å². The van der Waals surface area contributed by atoms with Crippen LogP contribution in [0, 0.1) is 6.92 Å². The third-order valence-corrected chi connectivity index (χ3v) is 8.17. The van der Waals surface area contributed by atoms with Gasteiger partial charge in [0.05, 0.1) is 11.8 Å². The van der Waals surface area contributed by atoms with Crippen LogP contribution in [0.4, 0.5) is 10.5 Å². The number of ether oxygens (including phenoxy) is 1. The van der Waals surface area contributed by atoms with Gasteiger partial charge in [-0.25, -0.2) is 9.78 Å². The number of imidazole rings is 1. The number of rotatable bonds is 5. The van der Waals surface area contributed by atoms with E-state index in [2.05, 4.69) is 65.8 Å². The standard InChI is InChI=1S/C29H37N5O2S/c1-19(2)34(37)29(35)30-23-11-9-22(10-12-23)26-20(3)33-18-13-21-7-5-6-8-25(21)27(28(33)31-26)36-24-14-16-32(4)17-15-24/h5-12,19,24,27,37H,13-18H2,1-4H3,(H,30,35). The van der Waals surface area contributed by atoms with Gasteiger partial charge in [0.15, 0.2) is 0 Å². The number of hydrogen-bond donors (Lipinski definition) is 2. The number of urea groups is 1. The Bertz CT molecular complexity index is 1250. The molecule has 3 heterocycles. The highest BCUT2D eigenvalue weighted by molar-refractivity contribution is 7.78. The summed E-state index contributed by atoms with van der Waals surface area (Å²) in [5.41, 5.74) is 6.42. The van der Waals surface area contributed by atoms with Gasteiger partial charge < -0.3 is 19.5 Å². The highest BCUT2D eigenvalue weighted by Gasteiger charge is 2.32. The van der Waals surface area contributed by atoms with Gasteiger partial charge in [-0.15, -0.1) is 0 Å². The van der Waals surface area contributed by atoms with E-state index in [0.29, 0.717) is 0 Å². The average molecular weight is 520 g/mol. The van der Waals surface area contributed by atoms with E-state index in [1.807, 2.05) is 38.1 Å². The largest absolute Gasteiger partial charge is 0.362 e. The lowest BCUT2D eigenvalue weighted by molar-refractivity contribution is -0.0276. The Hall–Kier alpha value is -2.81. The fourth-order valence-electron chi connectivity index (χ4n) is 5.27. The van der Waals surface area contributed by atoms with Gasteiger partial charge in [-0.2, -0.15) is 0 Å². The molecule has 1 N–H and O–H groups in total. The van der Waals surface area contributed by atoms with Crippen LogP contribution in [0.5, 0.6) is 0 Å². The smallest absolute Gasteiger partial charge is 0.331 e. The van der Waals surface area contributed by atoms with Crippen LogP contribution in [0.15, 0.2) is 48.5 Å². The van der Waals surface area contributed by atoms with E-state index < -0.39 is 0 Å². The van der Waals surface area contributed by atoms with Crippen LogP contribution in [-0.4, -0.2) is 57.1 Å². The lowest BCUT2D eigenvalue weighted by atomic mass is 10.00. The van der Waals surface area contributed by atoms with Crippen molar-refractivity contribution in [2.75, 3.05) is 25.5 Å². The number of nitrogens with zero attached hydrogens (tertiary/aromatic N) is 4. The van der Waals surface area contributed by atoms with Crippen molar-refractivity contribution >= 4 is 24.5 Å². The molecule has 37 heavy (non-hydrogen) atoms. The first-order valence-electron chi connectivity index (χ1n) is 13.2. The fourth-order valence-corrected chi connectivity index (χ4v) is 5.32. The molecule has 1 atom stereocenters. The number of thiol groups is 1. The Labute approximate surface area is 225 Å². The maximum absolute atomic E-state index is 12.4. The SMILES string of the molecule is Cc1c(-c2ccc(NC(=O)N(S)C(C)C)cc2)nc2n1CCc1ccccc1C2OC1CCN(C)CC1. The minimum Gasteiger partial charge on any atom is -0.362 e. The zero-order valence-electron chi connectivity index (χ0n) is 22.1. The third kappa shape index (κ3) is 5.42. The number of piperidine rings is 1. The summed E-state index contributed by atoms with van der Waals surface area (Å²) >= 11 is 4.27. The molecule has 3 aromatic rings. The number of hydrogen-bond acceptors (Lipinski definition) is 5. The van der Waals surface area contributed by atoms with Gasteiger partial charge in [0.1, 0.15) is 11.9 Å². The Morgan fingerprint density at radius 3 is 2.51 bits per heavy atom. The van der Waals surface area contributed by atoms with E-state index in [1.54, 1.807) is 0 Å².